The maximum Gasteiger partial charge on any atom is 0.414 e. The Morgan fingerprint density at radius 3 is 2.56 bits per heavy atom. The largest absolute Gasteiger partial charge is 0.443 e. The van der Waals surface area contributed by atoms with E-state index in [-0.39, 0.29) is 6.09 Å². The molecule has 0 aliphatic carbocycles. The van der Waals surface area contributed by atoms with Gasteiger partial charge in [-0.15, -0.1) is 0 Å². The molecule has 1 aromatic rings. The van der Waals surface area contributed by atoms with Crippen molar-refractivity contribution < 1.29 is 13.7 Å². The average molecular weight is 365 g/mol. The molecule has 1 aromatic heterocycles. The van der Waals surface area contributed by atoms with Gasteiger partial charge in [0, 0.05) is 6.54 Å². The maximum absolute atomic E-state index is 12.4. The van der Waals surface area contributed by atoms with E-state index < -0.39 is 21.3 Å². The SMILES string of the molecule is CC(C)(C)OC(=O)N1CCCc2nc(/C=N/[S@@](=O)C(C)(C)C)ccc21. The first-order chi connectivity index (χ1) is 11.5. The van der Waals surface area contributed by atoms with Gasteiger partial charge in [0.2, 0.25) is 0 Å². The molecule has 0 radical (unpaired) electrons. The number of hydrogen-bond donors (Lipinski definition) is 0. The van der Waals surface area contributed by atoms with E-state index in [0.717, 1.165) is 24.2 Å². The van der Waals surface area contributed by atoms with Crippen LogP contribution in [0.15, 0.2) is 16.5 Å². The fourth-order valence-electron chi connectivity index (χ4n) is 2.30. The average Bonchev–Trinajstić information content (AvgIpc) is 2.49. The van der Waals surface area contributed by atoms with Crippen LogP contribution in [0.2, 0.25) is 0 Å². The molecular weight excluding hydrogens is 338 g/mol. The maximum atomic E-state index is 12.4. The van der Waals surface area contributed by atoms with Gasteiger partial charge in [0.05, 0.1) is 28.0 Å². The van der Waals surface area contributed by atoms with E-state index in [1.165, 1.54) is 6.21 Å². The van der Waals surface area contributed by atoms with Crippen molar-refractivity contribution in [2.45, 2.75) is 64.7 Å². The van der Waals surface area contributed by atoms with E-state index >= 15 is 0 Å². The van der Waals surface area contributed by atoms with Crippen LogP contribution in [0.5, 0.6) is 0 Å². The summed E-state index contributed by atoms with van der Waals surface area (Å²) >= 11 is 0. The van der Waals surface area contributed by atoms with Crippen molar-refractivity contribution in [3.8, 4) is 0 Å². The van der Waals surface area contributed by atoms with Crippen LogP contribution >= 0.6 is 0 Å². The summed E-state index contributed by atoms with van der Waals surface area (Å²) in [7, 11) is -1.32. The van der Waals surface area contributed by atoms with E-state index in [2.05, 4.69) is 9.38 Å². The molecule has 0 fully saturated rings. The minimum Gasteiger partial charge on any atom is -0.443 e. The predicted octanol–water partition coefficient (Wildman–Crippen LogP) is 3.65. The molecule has 7 heteroatoms. The van der Waals surface area contributed by atoms with E-state index in [9.17, 15) is 9.00 Å². The van der Waals surface area contributed by atoms with Gasteiger partial charge in [-0.25, -0.2) is 14.0 Å². The molecular formula is C18H27N3O3S. The predicted molar refractivity (Wildman–Crippen MR) is 102 cm³/mol. The van der Waals surface area contributed by atoms with Gasteiger partial charge in [0.25, 0.3) is 0 Å². The van der Waals surface area contributed by atoms with Crippen molar-refractivity contribution in [3.05, 3.63) is 23.5 Å². The number of ether oxygens (including phenoxy) is 1. The third kappa shape index (κ3) is 5.36. The zero-order chi connectivity index (χ0) is 18.8. The molecule has 1 aliphatic heterocycles. The second-order valence-electron chi connectivity index (χ2n) is 8.03. The van der Waals surface area contributed by atoms with Crippen molar-refractivity contribution in [3.63, 3.8) is 0 Å². The van der Waals surface area contributed by atoms with Crippen LogP contribution in [0.4, 0.5) is 10.5 Å². The fraction of sp³-hybridized carbons (Fsp3) is 0.611. The van der Waals surface area contributed by atoms with E-state index in [1.54, 1.807) is 11.0 Å². The normalized spacial score (nSPS) is 16.6. The molecule has 0 aromatic carbocycles. The van der Waals surface area contributed by atoms with Crippen LogP contribution in [0, 0.1) is 0 Å². The van der Waals surface area contributed by atoms with Gasteiger partial charge >= 0.3 is 6.09 Å². The summed E-state index contributed by atoms with van der Waals surface area (Å²) in [5.41, 5.74) is 1.71. The summed E-state index contributed by atoms with van der Waals surface area (Å²) in [5, 5.41) is 0. The second kappa shape index (κ2) is 7.23. The highest BCUT2D eigenvalue weighted by Gasteiger charge is 2.28. The number of carbonyl (C=O) groups is 1. The molecule has 0 N–H and O–H groups in total. The summed E-state index contributed by atoms with van der Waals surface area (Å²) in [6.07, 6.45) is 2.80. The number of nitrogens with zero attached hydrogens (tertiary/aromatic N) is 3. The Kier molecular flexibility index (Phi) is 5.66. The molecule has 0 saturated carbocycles. The zero-order valence-electron chi connectivity index (χ0n) is 15.8. The van der Waals surface area contributed by atoms with Gasteiger partial charge in [0.15, 0.2) is 0 Å². The Morgan fingerprint density at radius 1 is 1.28 bits per heavy atom. The van der Waals surface area contributed by atoms with Gasteiger partial charge in [-0.05, 0) is 66.5 Å². The molecule has 6 nitrogen and oxygen atoms in total. The highest BCUT2D eigenvalue weighted by molar-refractivity contribution is 7.85. The topological polar surface area (TPSA) is 71.9 Å². The smallest absolute Gasteiger partial charge is 0.414 e. The lowest BCUT2D eigenvalue weighted by molar-refractivity contribution is 0.0577. The van der Waals surface area contributed by atoms with Crippen molar-refractivity contribution >= 4 is 29.0 Å². The van der Waals surface area contributed by atoms with Crippen molar-refractivity contribution in [1.29, 1.82) is 0 Å². The van der Waals surface area contributed by atoms with Gasteiger partial charge in [0.1, 0.15) is 16.6 Å². The Labute approximate surface area is 152 Å². The molecule has 2 rings (SSSR count). The van der Waals surface area contributed by atoms with Crippen LogP contribution in [0.25, 0.3) is 0 Å². The van der Waals surface area contributed by atoms with Crippen LogP contribution in [0.1, 0.15) is 59.4 Å². The molecule has 2 heterocycles. The lowest BCUT2D eigenvalue weighted by Gasteiger charge is -2.31. The van der Waals surface area contributed by atoms with E-state index in [0.29, 0.717) is 12.2 Å². The molecule has 0 spiro atoms. The molecule has 0 saturated heterocycles. The van der Waals surface area contributed by atoms with Gasteiger partial charge in [-0.3, -0.25) is 4.90 Å². The quantitative estimate of drug-likeness (QED) is 0.750. The number of fused-ring (bicyclic) bond motifs is 1. The summed E-state index contributed by atoms with van der Waals surface area (Å²) in [6.45, 7) is 11.8. The molecule has 25 heavy (non-hydrogen) atoms. The molecule has 138 valence electrons. The van der Waals surface area contributed by atoms with Crippen molar-refractivity contribution in [2.75, 3.05) is 11.4 Å². The van der Waals surface area contributed by atoms with E-state index in [4.69, 9.17) is 4.74 Å². The summed E-state index contributed by atoms with van der Waals surface area (Å²) in [4.78, 5) is 18.6. The first kappa shape index (κ1) is 19.6. The van der Waals surface area contributed by atoms with Gasteiger partial charge in [-0.1, -0.05) is 0 Å². The number of rotatable bonds is 2. The Bertz CT molecular complexity index is 702. The monoisotopic (exact) mass is 365 g/mol. The first-order valence-corrected chi connectivity index (χ1v) is 9.54. The van der Waals surface area contributed by atoms with E-state index in [1.807, 2.05) is 47.6 Å². The third-order valence-corrected chi connectivity index (χ3v) is 4.82. The Balaban J connectivity index is 2.21. The van der Waals surface area contributed by atoms with Crippen LogP contribution in [0.3, 0.4) is 0 Å². The van der Waals surface area contributed by atoms with Crippen LogP contribution in [-0.4, -0.2) is 38.4 Å². The van der Waals surface area contributed by atoms with Crippen LogP contribution < -0.4 is 4.90 Å². The standard InChI is InChI=1S/C18H27N3O3S/c1-17(2,3)24-16(22)21-11-7-8-14-15(21)10-9-13(20-14)12-19-25(23)18(4,5)6/h9-10,12H,7-8,11H2,1-6H3/b19-12+/t25-/m0/s1. The lowest BCUT2D eigenvalue weighted by atomic mass is 10.1. The number of pyridine rings is 1. The van der Waals surface area contributed by atoms with Crippen LogP contribution in [-0.2, 0) is 22.1 Å². The fourth-order valence-corrected chi connectivity index (χ4v) is 2.82. The number of hydrogen-bond acceptors (Lipinski definition) is 4. The third-order valence-electron chi connectivity index (χ3n) is 3.48. The lowest BCUT2D eigenvalue weighted by Crippen LogP contribution is -2.40. The number of carbonyl (C=O) groups excluding carboxylic acids is 1. The number of amides is 1. The molecule has 1 amide bonds. The number of aromatic nitrogens is 1. The first-order valence-electron chi connectivity index (χ1n) is 8.44. The molecule has 0 bridgehead atoms. The molecule has 1 atom stereocenters. The summed E-state index contributed by atoms with van der Waals surface area (Å²) in [6, 6.07) is 3.64. The minimum absolute atomic E-state index is 0.356. The molecule has 0 unspecified atom stereocenters. The molecule has 1 aliphatic rings. The summed E-state index contributed by atoms with van der Waals surface area (Å²) < 4.78 is 21.2. The van der Waals surface area contributed by atoms with Gasteiger partial charge < -0.3 is 4.74 Å². The van der Waals surface area contributed by atoms with Gasteiger partial charge in [-0.2, -0.15) is 4.40 Å². The summed E-state index contributed by atoms with van der Waals surface area (Å²) in [5.74, 6) is 0. The Hall–Kier alpha value is -1.76. The highest BCUT2D eigenvalue weighted by atomic mass is 32.2. The van der Waals surface area contributed by atoms with Crippen molar-refractivity contribution in [2.24, 2.45) is 4.40 Å². The van der Waals surface area contributed by atoms with Crippen molar-refractivity contribution in [1.82, 2.24) is 4.98 Å². The zero-order valence-corrected chi connectivity index (χ0v) is 16.6. The highest BCUT2D eigenvalue weighted by Crippen LogP contribution is 2.27. The second-order valence-corrected chi connectivity index (χ2v) is 9.97. The Morgan fingerprint density at radius 2 is 1.96 bits per heavy atom. The number of aryl methyl sites for hydroxylation is 1. The number of anilines is 1. The minimum atomic E-state index is -1.32.